The minimum atomic E-state index is 0.156. The summed E-state index contributed by atoms with van der Waals surface area (Å²) in [5.41, 5.74) is 0.214. The zero-order valence-corrected chi connectivity index (χ0v) is 10.9. The van der Waals surface area contributed by atoms with Crippen molar-refractivity contribution < 1.29 is 9.90 Å². The molecule has 1 unspecified atom stereocenters. The topological polar surface area (TPSA) is 49.3 Å². The van der Waals surface area contributed by atoms with Gasteiger partial charge in [0.15, 0.2) is 0 Å². The maximum Gasteiger partial charge on any atom is 0.220 e. The van der Waals surface area contributed by atoms with Crippen molar-refractivity contribution >= 4 is 18.5 Å². The van der Waals surface area contributed by atoms with E-state index in [1.807, 2.05) is 6.92 Å². The van der Waals surface area contributed by atoms with Gasteiger partial charge < -0.3 is 10.4 Å². The third-order valence-corrected chi connectivity index (χ3v) is 4.01. The lowest BCUT2D eigenvalue weighted by Gasteiger charge is -2.12. The summed E-state index contributed by atoms with van der Waals surface area (Å²) in [6, 6.07) is 0. The number of carbonyl (C=O) groups is 1. The molecule has 1 rings (SSSR count). The lowest BCUT2D eigenvalue weighted by Crippen LogP contribution is -2.27. The van der Waals surface area contributed by atoms with Gasteiger partial charge in [-0.3, -0.25) is 4.79 Å². The Balaban J connectivity index is 2.02. The molecule has 1 aliphatic rings. The van der Waals surface area contributed by atoms with Crippen molar-refractivity contribution in [2.75, 3.05) is 18.9 Å². The summed E-state index contributed by atoms with van der Waals surface area (Å²) in [5, 5.41) is 11.8. The van der Waals surface area contributed by atoms with Gasteiger partial charge in [-0.2, -0.15) is 12.6 Å². The molecule has 0 aromatic heterocycles. The van der Waals surface area contributed by atoms with Gasteiger partial charge in [0.1, 0.15) is 0 Å². The number of nitrogens with one attached hydrogen (secondary N) is 1. The molecule has 0 aromatic rings. The first kappa shape index (κ1) is 13.8. The number of aliphatic hydroxyl groups is 1. The molecule has 1 aliphatic carbocycles. The SMILES string of the molecule is CC(CO)CCCNC(=O)CC1(CS)CC1. The van der Waals surface area contributed by atoms with Crippen LogP contribution >= 0.6 is 12.6 Å². The normalized spacial score (nSPS) is 19.2. The molecule has 0 radical (unpaired) electrons. The van der Waals surface area contributed by atoms with E-state index >= 15 is 0 Å². The van der Waals surface area contributed by atoms with Crippen molar-refractivity contribution in [1.29, 1.82) is 0 Å². The molecular formula is C12H23NO2S. The van der Waals surface area contributed by atoms with Crippen LogP contribution in [0.25, 0.3) is 0 Å². The molecule has 4 heteroatoms. The molecule has 1 amide bonds. The molecule has 0 aliphatic heterocycles. The fraction of sp³-hybridized carbons (Fsp3) is 0.917. The van der Waals surface area contributed by atoms with Gasteiger partial charge in [-0.25, -0.2) is 0 Å². The van der Waals surface area contributed by atoms with Gasteiger partial charge in [0.05, 0.1) is 0 Å². The molecule has 1 saturated carbocycles. The highest BCUT2D eigenvalue weighted by molar-refractivity contribution is 7.80. The zero-order valence-electron chi connectivity index (χ0n) is 10.0. The van der Waals surface area contributed by atoms with Crippen LogP contribution in [0.1, 0.15) is 39.0 Å². The van der Waals surface area contributed by atoms with E-state index in [9.17, 15) is 4.79 Å². The Labute approximate surface area is 103 Å². The highest BCUT2D eigenvalue weighted by atomic mass is 32.1. The third-order valence-electron chi connectivity index (χ3n) is 3.34. The number of rotatable bonds is 8. The van der Waals surface area contributed by atoms with E-state index in [-0.39, 0.29) is 17.9 Å². The number of aliphatic hydroxyl groups excluding tert-OH is 1. The van der Waals surface area contributed by atoms with Crippen molar-refractivity contribution in [1.82, 2.24) is 5.32 Å². The maximum absolute atomic E-state index is 11.6. The van der Waals surface area contributed by atoms with E-state index in [0.717, 1.165) is 38.0 Å². The molecule has 0 spiro atoms. The summed E-state index contributed by atoms with van der Waals surface area (Å²) in [7, 11) is 0. The van der Waals surface area contributed by atoms with Gasteiger partial charge in [-0.05, 0) is 42.8 Å². The molecule has 1 atom stereocenters. The lowest BCUT2D eigenvalue weighted by atomic mass is 10.0. The van der Waals surface area contributed by atoms with E-state index < -0.39 is 0 Å². The van der Waals surface area contributed by atoms with E-state index in [1.54, 1.807) is 0 Å². The predicted molar refractivity (Wildman–Crippen MR) is 68.6 cm³/mol. The second-order valence-electron chi connectivity index (χ2n) is 5.11. The van der Waals surface area contributed by atoms with Crippen LogP contribution in [0.3, 0.4) is 0 Å². The van der Waals surface area contributed by atoms with Gasteiger partial charge >= 0.3 is 0 Å². The van der Waals surface area contributed by atoms with Crippen LogP contribution in [0.2, 0.25) is 0 Å². The lowest BCUT2D eigenvalue weighted by molar-refractivity contribution is -0.122. The largest absolute Gasteiger partial charge is 0.396 e. The van der Waals surface area contributed by atoms with Crippen LogP contribution in [-0.2, 0) is 4.79 Å². The van der Waals surface area contributed by atoms with Crippen molar-refractivity contribution in [3.63, 3.8) is 0 Å². The molecule has 2 N–H and O–H groups in total. The minimum absolute atomic E-state index is 0.156. The van der Waals surface area contributed by atoms with E-state index in [4.69, 9.17) is 5.11 Å². The molecule has 0 saturated heterocycles. The third kappa shape index (κ3) is 4.74. The van der Waals surface area contributed by atoms with Crippen LogP contribution < -0.4 is 5.32 Å². The average Bonchev–Trinajstić information content (AvgIpc) is 3.04. The first-order valence-corrected chi connectivity index (χ1v) is 6.73. The van der Waals surface area contributed by atoms with Crippen LogP contribution in [-0.4, -0.2) is 29.9 Å². The Bertz CT molecular complexity index is 229. The predicted octanol–water partition coefficient (Wildman–Crippen LogP) is 1.61. The van der Waals surface area contributed by atoms with E-state index in [1.165, 1.54) is 0 Å². The van der Waals surface area contributed by atoms with Crippen molar-refractivity contribution in [3.8, 4) is 0 Å². The van der Waals surface area contributed by atoms with Crippen LogP contribution in [0, 0.1) is 11.3 Å². The van der Waals surface area contributed by atoms with Crippen molar-refractivity contribution in [2.45, 2.75) is 39.0 Å². The number of thiol groups is 1. The Hall–Kier alpha value is -0.220. The highest BCUT2D eigenvalue weighted by Crippen LogP contribution is 2.49. The van der Waals surface area contributed by atoms with Gasteiger partial charge in [0.25, 0.3) is 0 Å². The fourth-order valence-corrected chi connectivity index (χ4v) is 2.17. The van der Waals surface area contributed by atoms with Crippen LogP contribution in [0.5, 0.6) is 0 Å². The summed E-state index contributed by atoms with van der Waals surface area (Å²) in [4.78, 5) is 11.6. The van der Waals surface area contributed by atoms with Gasteiger partial charge in [-0.1, -0.05) is 6.92 Å². The Kier molecular flexibility index (Phi) is 5.62. The van der Waals surface area contributed by atoms with Crippen molar-refractivity contribution in [3.05, 3.63) is 0 Å². The first-order valence-electron chi connectivity index (χ1n) is 6.10. The van der Waals surface area contributed by atoms with Gasteiger partial charge in [0, 0.05) is 19.6 Å². The maximum atomic E-state index is 11.6. The van der Waals surface area contributed by atoms with Crippen LogP contribution in [0.4, 0.5) is 0 Å². The molecule has 0 heterocycles. The minimum Gasteiger partial charge on any atom is -0.396 e. The van der Waals surface area contributed by atoms with E-state index in [0.29, 0.717) is 12.3 Å². The number of hydrogen-bond acceptors (Lipinski definition) is 3. The Morgan fingerprint density at radius 2 is 2.25 bits per heavy atom. The van der Waals surface area contributed by atoms with Crippen LogP contribution in [0.15, 0.2) is 0 Å². The molecule has 3 nitrogen and oxygen atoms in total. The first-order chi connectivity index (χ1) is 7.62. The van der Waals surface area contributed by atoms with Gasteiger partial charge in [-0.15, -0.1) is 0 Å². The molecule has 16 heavy (non-hydrogen) atoms. The molecule has 1 fully saturated rings. The smallest absolute Gasteiger partial charge is 0.220 e. The average molecular weight is 245 g/mol. The van der Waals surface area contributed by atoms with Gasteiger partial charge in [0.2, 0.25) is 5.91 Å². The summed E-state index contributed by atoms with van der Waals surface area (Å²) in [6.07, 6.45) is 4.83. The second kappa shape index (κ2) is 6.50. The number of hydrogen-bond donors (Lipinski definition) is 3. The molecule has 0 aromatic carbocycles. The highest BCUT2D eigenvalue weighted by Gasteiger charge is 2.42. The zero-order chi connectivity index (χ0) is 12.0. The Morgan fingerprint density at radius 3 is 2.75 bits per heavy atom. The fourth-order valence-electron chi connectivity index (χ4n) is 1.74. The molecular weight excluding hydrogens is 222 g/mol. The standard InChI is InChI=1S/C12H23NO2S/c1-10(8-14)3-2-6-13-11(15)7-12(9-16)4-5-12/h10,14,16H,2-9H2,1H3,(H,13,15). The molecule has 94 valence electrons. The van der Waals surface area contributed by atoms with E-state index in [2.05, 4.69) is 17.9 Å². The number of carbonyl (C=O) groups excluding carboxylic acids is 1. The number of amides is 1. The quantitative estimate of drug-likeness (QED) is 0.449. The summed E-state index contributed by atoms with van der Waals surface area (Å²) in [6.45, 7) is 2.98. The second-order valence-corrected chi connectivity index (χ2v) is 5.43. The monoisotopic (exact) mass is 245 g/mol. The summed E-state index contributed by atoms with van der Waals surface area (Å²) >= 11 is 4.28. The Morgan fingerprint density at radius 1 is 1.56 bits per heavy atom. The summed E-state index contributed by atoms with van der Waals surface area (Å²) < 4.78 is 0. The van der Waals surface area contributed by atoms with Crippen molar-refractivity contribution in [2.24, 2.45) is 11.3 Å². The molecule has 0 bridgehead atoms. The summed E-state index contributed by atoms with van der Waals surface area (Å²) in [5.74, 6) is 1.31.